The number of nitrogens with zero attached hydrogens (tertiary/aromatic N) is 1. The van der Waals surface area contributed by atoms with Crippen LogP contribution in [0.25, 0.3) is 0 Å². The average Bonchev–Trinajstić information content (AvgIpc) is 2.89. The number of carbonyl (C=O) groups is 1. The van der Waals surface area contributed by atoms with Gasteiger partial charge in [-0.05, 0) is 44.2 Å². The van der Waals surface area contributed by atoms with Gasteiger partial charge in [0.15, 0.2) is 0 Å². The van der Waals surface area contributed by atoms with Crippen molar-refractivity contribution < 1.29 is 13.6 Å². The van der Waals surface area contributed by atoms with Crippen molar-refractivity contribution in [1.29, 1.82) is 0 Å². The third-order valence-electron chi connectivity index (χ3n) is 3.81. The number of hydrogen-bond acceptors (Lipinski definition) is 1. The highest BCUT2D eigenvalue weighted by Gasteiger charge is 2.32. The molecule has 110 valence electrons. The third-order valence-corrected chi connectivity index (χ3v) is 4.07. The van der Waals surface area contributed by atoms with Gasteiger partial charge in [0, 0.05) is 18.5 Å². The number of amides is 1. The molecule has 2 nitrogen and oxygen atoms in total. The molecule has 1 amide bonds. The molecule has 1 aliphatic heterocycles. The van der Waals surface area contributed by atoms with Gasteiger partial charge >= 0.3 is 0 Å². The normalized spacial score (nSPS) is 18.6. The van der Waals surface area contributed by atoms with E-state index in [0.717, 1.165) is 31.7 Å². The van der Waals surface area contributed by atoms with Crippen molar-refractivity contribution in [3.63, 3.8) is 0 Å². The highest BCUT2D eigenvalue weighted by Crippen LogP contribution is 2.26. The second-order valence-electron chi connectivity index (χ2n) is 5.18. The summed E-state index contributed by atoms with van der Waals surface area (Å²) in [6.07, 6.45) is 3.32. The van der Waals surface area contributed by atoms with Gasteiger partial charge < -0.3 is 4.90 Å². The molecule has 0 bridgehead atoms. The van der Waals surface area contributed by atoms with Crippen LogP contribution in [0, 0.1) is 18.6 Å². The van der Waals surface area contributed by atoms with E-state index in [9.17, 15) is 13.6 Å². The fourth-order valence-electron chi connectivity index (χ4n) is 2.71. The van der Waals surface area contributed by atoms with E-state index in [1.54, 1.807) is 4.90 Å². The lowest BCUT2D eigenvalue weighted by Crippen LogP contribution is -2.36. The van der Waals surface area contributed by atoms with E-state index in [2.05, 4.69) is 0 Å². The van der Waals surface area contributed by atoms with Gasteiger partial charge in [0.2, 0.25) is 0 Å². The maximum absolute atomic E-state index is 14.0. The molecule has 1 heterocycles. The summed E-state index contributed by atoms with van der Waals surface area (Å²) in [6, 6.07) is 2.53. The topological polar surface area (TPSA) is 20.3 Å². The number of rotatable bonds is 4. The summed E-state index contributed by atoms with van der Waals surface area (Å²) in [7, 11) is 0. The summed E-state index contributed by atoms with van der Waals surface area (Å²) >= 11 is 5.67. The molecule has 0 spiro atoms. The van der Waals surface area contributed by atoms with Crippen LogP contribution < -0.4 is 0 Å². The fraction of sp³-hybridized carbons (Fsp3) is 0.533. The second kappa shape index (κ2) is 6.53. The van der Waals surface area contributed by atoms with Gasteiger partial charge in [-0.25, -0.2) is 8.78 Å². The summed E-state index contributed by atoms with van der Waals surface area (Å²) in [4.78, 5) is 14.0. The molecule has 0 aromatic heterocycles. The number of halogens is 3. The van der Waals surface area contributed by atoms with Crippen LogP contribution >= 0.6 is 11.6 Å². The summed E-state index contributed by atoms with van der Waals surface area (Å²) in [5.41, 5.74) is -0.144. The molecule has 1 fully saturated rings. The molecular formula is C15H18ClF2NO. The highest BCUT2D eigenvalue weighted by molar-refractivity contribution is 6.17. The van der Waals surface area contributed by atoms with Crippen LogP contribution in [0.4, 0.5) is 8.78 Å². The van der Waals surface area contributed by atoms with E-state index in [-0.39, 0.29) is 11.6 Å². The Morgan fingerprint density at radius 3 is 2.90 bits per heavy atom. The molecule has 5 heteroatoms. The van der Waals surface area contributed by atoms with E-state index in [1.165, 1.54) is 13.0 Å². The first-order chi connectivity index (χ1) is 9.56. The van der Waals surface area contributed by atoms with Gasteiger partial charge in [0.1, 0.15) is 17.2 Å². The molecule has 1 saturated heterocycles. The predicted molar refractivity (Wildman–Crippen MR) is 75.1 cm³/mol. The molecular weight excluding hydrogens is 284 g/mol. The van der Waals surface area contributed by atoms with E-state index in [4.69, 9.17) is 11.6 Å². The lowest BCUT2D eigenvalue weighted by Gasteiger charge is -2.25. The number of carbonyl (C=O) groups excluding carboxylic acids is 1. The Labute approximate surface area is 122 Å². The Bertz CT molecular complexity index is 507. The summed E-state index contributed by atoms with van der Waals surface area (Å²) in [5.74, 6) is -1.55. The Hall–Kier alpha value is -1.16. The van der Waals surface area contributed by atoms with E-state index in [1.807, 2.05) is 0 Å². The number of benzene rings is 1. The van der Waals surface area contributed by atoms with Crippen molar-refractivity contribution >= 4 is 17.5 Å². The maximum Gasteiger partial charge on any atom is 0.260 e. The standard InChI is InChI=1S/C15H18ClF2NO/c1-10-6-7-12(17)13(14(10)18)15(20)19-9-3-5-11(19)4-2-8-16/h6-7,11H,2-5,8-9H2,1H3. The van der Waals surface area contributed by atoms with Crippen molar-refractivity contribution in [3.8, 4) is 0 Å². The molecule has 20 heavy (non-hydrogen) atoms. The molecule has 2 rings (SSSR count). The first-order valence-electron chi connectivity index (χ1n) is 6.87. The van der Waals surface area contributed by atoms with Gasteiger partial charge in [0.05, 0.1) is 0 Å². The van der Waals surface area contributed by atoms with Crippen molar-refractivity contribution in [2.24, 2.45) is 0 Å². The molecule has 1 aromatic carbocycles. The molecule has 1 unspecified atom stereocenters. The van der Waals surface area contributed by atoms with Gasteiger partial charge in [-0.1, -0.05) is 6.07 Å². The van der Waals surface area contributed by atoms with Gasteiger partial charge in [-0.3, -0.25) is 4.79 Å². The molecule has 1 aromatic rings. The molecule has 0 radical (unpaired) electrons. The maximum atomic E-state index is 14.0. The Balaban J connectivity index is 2.25. The molecule has 0 aliphatic carbocycles. The average molecular weight is 302 g/mol. The number of aryl methyl sites for hydroxylation is 1. The number of likely N-dealkylation sites (tertiary alicyclic amines) is 1. The fourth-order valence-corrected chi connectivity index (χ4v) is 2.87. The van der Waals surface area contributed by atoms with Gasteiger partial charge in [0.25, 0.3) is 5.91 Å². The quantitative estimate of drug-likeness (QED) is 0.773. The van der Waals surface area contributed by atoms with Crippen LogP contribution in [0.1, 0.15) is 41.6 Å². The molecule has 1 aliphatic rings. The largest absolute Gasteiger partial charge is 0.335 e. The van der Waals surface area contributed by atoms with Crippen molar-refractivity contribution in [3.05, 3.63) is 34.9 Å². The molecule has 0 saturated carbocycles. The van der Waals surface area contributed by atoms with Gasteiger partial charge in [-0.15, -0.1) is 11.6 Å². The summed E-state index contributed by atoms with van der Waals surface area (Å²) in [6.45, 7) is 2.08. The Morgan fingerprint density at radius 2 is 2.20 bits per heavy atom. The zero-order chi connectivity index (χ0) is 14.7. The number of alkyl halides is 1. The first-order valence-corrected chi connectivity index (χ1v) is 7.41. The predicted octanol–water partition coefficient (Wildman–Crippen LogP) is 3.90. The van der Waals surface area contributed by atoms with Crippen molar-refractivity contribution in [1.82, 2.24) is 4.90 Å². The second-order valence-corrected chi connectivity index (χ2v) is 5.56. The van der Waals surface area contributed by atoms with Crippen LogP contribution in [0.2, 0.25) is 0 Å². The monoisotopic (exact) mass is 301 g/mol. The van der Waals surface area contributed by atoms with E-state index < -0.39 is 23.1 Å². The van der Waals surface area contributed by atoms with Crippen molar-refractivity contribution in [2.75, 3.05) is 12.4 Å². The van der Waals surface area contributed by atoms with E-state index in [0.29, 0.717) is 12.4 Å². The minimum absolute atomic E-state index is 0.0422. The third kappa shape index (κ3) is 2.95. The van der Waals surface area contributed by atoms with Crippen LogP contribution in [-0.2, 0) is 0 Å². The highest BCUT2D eigenvalue weighted by atomic mass is 35.5. The van der Waals surface area contributed by atoms with E-state index >= 15 is 0 Å². The number of hydrogen-bond donors (Lipinski definition) is 0. The van der Waals surface area contributed by atoms with Crippen LogP contribution in [0.15, 0.2) is 12.1 Å². The Morgan fingerprint density at radius 1 is 1.45 bits per heavy atom. The minimum Gasteiger partial charge on any atom is -0.335 e. The molecule has 1 atom stereocenters. The zero-order valence-electron chi connectivity index (χ0n) is 11.5. The van der Waals surface area contributed by atoms with Crippen LogP contribution in [0.3, 0.4) is 0 Å². The summed E-state index contributed by atoms with van der Waals surface area (Å²) < 4.78 is 27.8. The lowest BCUT2D eigenvalue weighted by molar-refractivity contribution is 0.0720. The van der Waals surface area contributed by atoms with Crippen LogP contribution in [-0.4, -0.2) is 29.3 Å². The first kappa shape index (κ1) is 15.2. The molecule has 0 N–H and O–H groups in total. The van der Waals surface area contributed by atoms with Crippen molar-refractivity contribution in [2.45, 2.75) is 38.6 Å². The lowest BCUT2D eigenvalue weighted by atomic mass is 10.1. The smallest absolute Gasteiger partial charge is 0.260 e. The zero-order valence-corrected chi connectivity index (χ0v) is 12.2. The van der Waals surface area contributed by atoms with Crippen LogP contribution in [0.5, 0.6) is 0 Å². The Kier molecular flexibility index (Phi) is 4.97. The minimum atomic E-state index is -0.791. The van der Waals surface area contributed by atoms with Gasteiger partial charge in [-0.2, -0.15) is 0 Å². The SMILES string of the molecule is Cc1ccc(F)c(C(=O)N2CCCC2CCCCl)c1F. The summed E-state index contributed by atoms with van der Waals surface area (Å²) in [5, 5.41) is 0.